The number of hydrogen-bond donors (Lipinski definition) is 2. The van der Waals surface area contributed by atoms with Crippen LogP contribution < -0.4 is 5.32 Å². The van der Waals surface area contributed by atoms with Crippen LogP contribution in [0.15, 0.2) is 28.1 Å². The first kappa shape index (κ1) is 14.6. The third-order valence-electron chi connectivity index (χ3n) is 2.36. The fourth-order valence-electron chi connectivity index (χ4n) is 1.46. The van der Waals surface area contributed by atoms with Crippen LogP contribution in [-0.4, -0.2) is 17.0 Å². The fourth-order valence-corrected chi connectivity index (χ4v) is 2.91. The van der Waals surface area contributed by atoms with E-state index < -0.39 is 29.1 Å². The Hall–Kier alpha value is -1.80. The van der Waals surface area contributed by atoms with Gasteiger partial charge >= 0.3 is 5.97 Å². The molecule has 0 atom stereocenters. The molecule has 0 saturated carbocycles. The third-order valence-corrected chi connectivity index (χ3v) is 4.20. The Morgan fingerprint density at radius 1 is 1.25 bits per heavy atom. The van der Waals surface area contributed by atoms with Crippen molar-refractivity contribution in [1.82, 2.24) is 0 Å². The summed E-state index contributed by atoms with van der Waals surface area (Å²) >= 11 is 4.28. The Morgan fingerprint density at radius 2 is 1.90 bits per heavy atom. The number of nitrogens with one attached hydrogen (secondary N) is 1. The molecule has 0 radical (unpaired) electrons. The topological polar surface area (TPSA) is 66.4 Å². The number of rotatable bonds is 3. The summed E-state index contributed by atoms with van der Waals surface area (Å²) in [7, 11) is 0. The first-order valence-corrected chi connectivity index (χ1v) is 6.84. The number of amides is 1. The van der Waals surface area contributed by atoms with E-state index in [0.717, 1.165) is 11.3 Å². The number of carbonyl (C=O) groups excluding carboxylic acids is 1. The summed E-state index contributed by atoms with van der Waals surface area (Å²) in [6.45, 7) is 0. The number of halogens is 3. The SMILES string of the molecule is O=C(O)c1cc(F)c(F)cc1NC(=O)c1sccc1Br. The van der Waals surface area contributed by atoms with Crippen LogP contribution in [0.3, 0.4) is 0 Å². The van der Waals surface area contributed by atoms with E-state index in [-0.39, 0.29) is 5.69 Å². The number of carboxylic acid groups (broad SMARTS) is 1. The van der Waals surface area contributed by atoms with Gasteiger partial charge in [-0.05, 0) is 33.4 Å². The molecule has 2 aromatic rings. The summed E-state index contributed by atoms with van der Waals surface area (Å²) in [5, 5.41) is 12.8. The van der Waals surface area contributed by atoms with E-state index >= 15 is 0 Å². The van der Waals surface area contributed by atoms with Crippen molar-refractivity contribution in [2.45, 2.75) is 0 Å². The average Bonchev–Trinajstić information content (AvgIpc) is 2.79. The summed E-state index contributed by atoms with van der Waals surface area (Å²) in [5.74, 6) is -4.61. The number of anilines is 1. The third kappa shape index (κ3) is 2.86. The number of benzene rings is 1. The van der Waals surface area contributed by atoms with Crippen LogP contribution in [0.1, 0.15) is 20.0 Å². The molecule has 1 amide bonds. The van der Waals surface area contributed by atoms with Gasteiger partial charge in [-0.25, -0.2) is 13.6 Å². The number of thiophene rings is 1. The highest BCUT2D eigenvalue weighted by Crippen LogP contribution is 2.26. The molecule has 0 aliphatic carbocycles. The Morgan fingerprint density at radius 3 is 2.45 bits per heavy atom. The second-order valence-electron chi connectivity index (χ2n) is 3.67. The number of carbonyl (C=O) groups is 2. The van der Waals surface area contributed by atoms with Crippen LogP contribution in [0.2, 0.25) is 0 Å². The zero-order valence-electron chi connectivity index (χ0n) is 9.62. The molecule has 20 heavy (non-hydrogen) atoms. The monoisotopic (exact) mass is 361 g/mol. The van der Waals surface area contributed by atoms with Crippen LogP contribution in [0.5, 0.6) is 0 Å². The number of carboxylic acids is 1. The predicted molar refractivity (Wildman–Crippen MR) is 73.3 cm³/mol. The highest BCUT2D eigenvalue weighted by atomic mass is 79.9. The smallest absolute Gasteiger partial charge is 0.337 e. The quantitative estimate of drug-likeness (QED) is 0.874. The van der Waals surface area contributed by atoms with Gasteiger partial charge in [-0.15, -0.1) is 11.3 Å². The minimum atomic E-state index is -1.47. The summed E-state index contributed by atoms with van der Waals surface area (Å²) < 4.78 is 26.7. The zero-order valence-corrected chi connectivity index (χ0v) is 12.0. The first-order valence-electron chi connectivity index (χ1n) is 5.17. The maximum Gasteiger partial charge on any atom is 0.337 e. The molecule has 0 saturated heterocycles. The summed E-state index contributed by atoms with van der Waals surface area (Å²) in [6.07, 6.45) is 0. The molecule has 1 aromatic carbocycles. The molecule has 0 unspecified atom stereocenters. The van der Waals surface area contributed by atoms with Gasteiger partial charge in [-0.3, -0.25) is 4.79 Å². The van der Waals surface area contributed by atoms with Crippen molar-refractivity contribution < 1.29 is 23.5 Å². The lowest BCUT2D eigenvalue weighted by Gasteiger charge is -2.08. The molecular formula is C12H6BrF2NO3S. The van der Waals surface area contributed by atoms with E-state index in [2.05, 4.69) is 21.2 Å². The maximum atomic E-state index is 13.2. The van der Waals surface area contributed by atoms with Crippen LogP contribution in [0, 0.1) is 11.6 Å². The van der Waals surface area contributed by atoms with Gasteiger partial charge in [0.2, 0.25) is 0 Å². The van der Waals surface area contributed by atoms with Gasteiger partial charge in [-0.1, -0.05) is 0 Å². The molecule has 0 aliphatic heterocycles. The van der Waals surface area contributed by atoms with Crippen LogP contribution in [0.4, 0.5) is 14.5 Å². The van der Waals surface area contributed by atoms with Crippen molar-refractivity contribution in [1.29, 1.82) is 0 Å². The number of aromatic carboxylic acids is 1. The van der Waals surface area contributed by atoms with Gasteiger partial charge in [0.05, 0.1) is 11.3 Å². The second kappa shape index (κ2) is 5.68. The van der Waals surface area contributed by atoms with Gasteiger partial charge < -0.3 is 10.4 Å². The van der Waals surface area contributed by atoms with E-state index in [1.165, 1.54) is 0 Å². The predicted octanol–water partition coefficient (Wildman–Crippen LogP) is 3.74. The largest absolute Gasteiger partial charge is 0.478 e. The van der Waals surface area contributed by atoms with Gasteiger partial charge in [0.15, 0.2) is 11.6 Å². The van der Waals surface area contributed by atoms with Crippen molar-refractivity contribution in [3.8, 4) is 0 Å². The van der Waals surface area contributed by atoms with E-state index in [0.29, 0.717) is 21.5 Å². The molecule has 1 heterocycles. The lowest BCUT2D eigenvalue weighted by molar-refractivity contribution is 0.0697. The van der Waals surface area contributed by atoms with E-state index in [9.17, 15) is 18.4 Å². The maximum absolute atomic E-state index is 13.2. The first-order chi connectivity index (χ1) is 9.40. The molecule has 0 bridgehead atoms. The molecule has 2 N–H and O–H groups in total. The normalized spacial score (nSPS) is 10.3. The summed E-state index contributed by atoms with van der Waals surface area (Å²) in [5.41, 5.74) is -0.827. The van der Waals surface area contributed by atoms with Gasteiger partial charge in [0.25, 0.3) is 5.91 Å². The second-order valence-corrected chi connectivity index (χ2v) is 5.44. The minimum Gasteiger partial charge on any atom is -0.478 e. The zero-order chi connectivity index (χ0) is 14.9. The Bertz CT molecular complexity index is 702. The van der Waals surface area contributed by atoms with Crippen LogP contribution >= 0.6 is 27.3 Å². The van der Waals surface area contributed by atoms with Crippen molar-refractivity contribution in [3.05, 3.63) is 50.1 Å². The van der Waals surface area contributed by atoms with Gasteiger partial charge in [-0.2, -0.15) is 0 Å². The Labute approximate surface area is 124 Å². The van der Waals surface area contributed by atoms with Crippen molar-refractivity contribution in [2.75, 3.05) is 5.32 Å². The summed E-state index contributed by atoms with van der Waals surface area (Å²) in [4.78, 5) is 23.2. The molecule has 1 aromatic heterocycles. The molecule has 104 valence electrons. The standard InChI is InChI=1S/C12H6BrF2NO3S/c13-6-1-2-20-10(6)11(17)16-9-4-8(15)7(14)3-5(9)12(18)19/h1-4H,(H,16,17)(H,18,19). The average molecular weight is 362 g/mol. The molecule has 4 nitrogen and oxygen atoms in total. The van der Waals surface area contributed by atoms with Crippen molar-refractivity contribution in [3.63, 3.8) is 0 Å². The molecule has 2 rings (SSSR count). The minimum absolute atomic E-state index is 0.297. The molecule has 8 heteroatoms. The van der Waals surface area contributed by atoms with Gasteiger partial charge in [0.1, 0.15) is 4.88 Å². The highest BCUT2D eigenvalue weighted by Gasteiger charge is 2.19. The molecule has 0 fully saturated rings. The lowest BCUT2D eigenvalue weighted by atomic mass is 10.1. The Balaban J connectivity index is 2.38. The lowest BCUT2D eigenvalue weighted by Crippen LogP contribution is -2.15. The summed E-state index contributed by atoms with van der Waals surface area (Å²) in [6, 6.07) is 2.80. The van der Waals surface area contributed by atoms with Crippen molar-refractivity contribution in [2.24, 2.45) is 0 Å². The van der Waals surface area contributed by atoms with Crippen molar-refractivity contribution >= 4 is 44.8 Å². The van der Waals surface area contributed by atoms with E-state index in [1.807, 2.05) is 0 Å². The molecule has 0 aliphatic rings. The highest BCUT2D eigenvalue weighted by molar-refractivity contribution is 9.10. The number of hydrogen-bond acceptors (Lipinski definition) is 3. The molecule has 0 spiro atoms. The Kier molecular flexibility index (Phi) is 4.15. The van der Waals surface area contributed by atoms with Crippen LogP contribution in [0.25, 0.3) is 0 Å². The molecular weight excluding hydrogens is 356 g/mol. The fraction of sp³-hybridized carbons (Fsp3) is 0. The van der Waals surface area contributed by atoms with E-state index in [4.69, 9.17) is 5.11 Å². The van der Waals surface area contributed by atoms with Crippen LogP contribution in [-0.2, 0) is 0 Å². The van der Waals surface area contributed by atoms with E-state index in [1.54, 1.807) is 11.4 Å². The van der Waals surface area contributed by atoms with Gasteiger partial charge in [0, 0.05) is 10.5 Å².